The molecule has 1 aromatic heterocycles. The van der Waals surface area contributed by atoms with Crippen molar-refractivity contribution in [1.29, 1.82) is 0 Å². The molecule has 120 valence electrons. The van der Waals surface area contributed by atoms with Gasteiger partial charge in [-0.2, -0.15) is 0 Å². The van der Waals surface area contributed by atoms with Crippen LogP contribution >= 0.6 is 0 Å². The number of hydrogen-bond acceptors (Lipinski definition) is 3. The van der Waals surface area contributed by atoms with Gasteiger partial charge in [0.25, 0.3) is 0 Å². The molecule has 3 nitrogen and oxygen atoms in total. The molecule has 0 radical (unpaired) electrons. The quantitative estimate of drug-likeness (QED) is 0.704. The summed E-state index contributed by atoms with van der Waals surface area (Å²) in [6, 6.07) is 22.8. The van der Waals surface area contributed by atoms with Crippen LogP contribution in [-0.2, 0) is 6.42 Å². The van der Waals surface area contributed by atoms with Crippen LogP contribution in [0.5, 0.6) is 11.5 Å². The highest BCUT2D eigenvalue weighted by molar-refractivity contribution is 5.52. The van der Waals surface area contributed by atoms with Gasteiger partial charge in [0, 0.05) is 23.0 Å². The smallest absolute Gasteiger partial charge is 0.132 e. The Bertz CT molecular complexity index is 771. The number of benzene rings is 2. The zero-order chi connectivity index (χ0) is 16.2. The number of fused-ring (bicyclic) bond motifs is 2. The number of nitrogens with one attached hydrogen (secondary N) is 1. The molecule has 0 amide bonds. The second-order valence-electron chi connectivity index (χ2n) is 5.99. The van der Waals surface area contributed by atoms with E-state index in [1.165, 1.54) is 11.1 Å². The summed E-state index contributed by atoms with van der Waals surface area (Å²) in [5.74, 6) is 1.89. The zero-order valence-corrected chi connectivity index (χ0v) is 13.5. The van der Waals surface area contributed by atoms with Gasteiger partial charge in [0.1, 0.15) is 11.5 Å². The van der Waals surface area contributed by atoms with Crippen molar-refractivity contribution in [2.45, 2.75) is 18.9 Å². The average molecular weight is 316 g/mol. The summed E-state index contributed by atoms with van der Waals surface area (Å²) < 4.78 is 6.03. The second-order valence-corrected chi connectivity index (χ2v) is 5.99. The van der Waals surface area contributed by atoms with Crippen molar-refractivity contribution in [2.24, 2.45) is 0 Å². The molecule has 3 heteroatoms. The third kappa shape index (κ3) is 3.03. The Balaban J connectivity index is 1.48. The molecule has 1 aliphatic heterocycles. The number of hydrogen-bond donors (Lipinski definition) is 1. The van der Waals surface area contributed by atoms with Gasteiger partial charge in [0.05, 0.1) is 6.04 Å². The molecule has 2 heterocycles. The van der Waals surface area contributed by atoms with Crippen molar-refractivity contribution >= 4 is 0 Å². The fraction of sp³-hybridized carbons (Fsp3) is 0.190. The second kappa shape index (κ2) is 6.85. The number of nitrogens with zero attached hydrogens (tertiary/aromatic N) is 1. The summed E-state index contributed by atoms with van der Waals surface area (Å²) in [5.41, 5.74) is 3.55. The summed E-state index contributed by atoms with van der Waals surface area (Å²) in [6.45, 7) is 0.934. The first-order valence-corrected chi connectivity index (χ1v) is 8.41. The van der Waals surface area contributed by atoms with Crippen molar-refractivity contribution in [3.05, 3.63) is 89.7 Å². The van der Waals surface area contributed by atoms with Crippen LogP contribution in [-0.4, -0.2) is 11.5 Å². The minimum atomic E-state index is 0.176. The largest absolute Gasteiger partial charge is 0.457 e. The molecule has 0 atom stereocenters. The molecule has 0 aliphatic carbocycles. The Morgan fingerprint density at radius 1 is 0.833 bits per heavy atom. The van der Waals surface area contributed by atoms with E-state index in [0.717, 1.165) is 36.6 Å². The Morgan fingerprint density at radius 2 is 1.50 bits per heavy atom. The standard InChI is InChI=1S/C21H20N2O/c1-3-12-19-17(10-1)21(18-11-2-4-13-20(18)24-19)23-15-7-9-16-8-5-6-14-22-16/h1-6,8,10-14,21,23H,7,9,15H2. The van der Waals surface area contributed by atoms with E-state index in [9.17, 15) is 0 Å². The summed E-state index contributed by atoms with van der Waals surface area (Å²) in [5, 5.41) is 3.70. The summed E-state index contributed by atoms with van der Waals surface area (Å²) >= 11 is 0. The van der Waals surface area contributed by atoms with Crippen LogP contribution in [0.25, 0.3) is 0 Å². The van der Waals surface area contributed by atoms with Crippen molar-refractivity contribution in [3.63, 3.8) is 0 Å². The minimum absolute atomic E-state index is 0.176. The molecular formula is C21H20N2O. The molecule has 0 bridgehead atoms. The van der Waals surface area contributed by atoms with E-state index < -0.39 is 0 Å². The lowest BCUT2D eigenvalue weighted by atomic mass is 9.94. The van der Waals surface area contributed by atoms with Crippen molar-refractivity contribution in [3.8, 4) is 11.5 Å². The third-order valence-electron chi connectivity index (χ3n) is 4.36. The molecule has 0 saturated heterocycles. The SMILES string of the molecule is c1ccc(CCCNC2c3ccccc3Oc3ccccc32)nc1. The summed E-state index contributed by atoms with van der Waals surface area (Å²) in [4.78, 5) is 4.39. The minimum Gasteiger partial charge on any atom is -0.457 e. The van der Waals surface area contributed by atoms with Gasteiger partial charge in [0.2, 0.25) is 0 Å². The first-order chi connectivity index (χ1) is 11.9. The van der Waals surface area contributed by atoms with E-state index in [1.807, 2.05) is 42.6 Å². The van der Waals surface area contributed by atoms with Gasteiger partial charge in [-0.25, -0.2) is 0 Å². The fourth-order valence-corrected chi connectivity index (χ4v) is 3.19. The fourth-order valence-electron chi connectivity index (χ4n) is 3.19. The molecule has 1 aliphatic rings. The van der Waals surface area contributed by atoms with E-state index in [0.29, 0.717) is 0 Å². The van der Waals surface area contributed by atoms with Crippen LogP contribution in [0.1, 0.15) is 29.3 Å². The normalized spacial score (nSPS) is 13.0. The van der Waals surface area contributed by atoms with Crippen LogP contribution in [0.3, 0.4) is 0 Å². The van der Waals surface area contributed by atoms with E-state index in [2.05, 4.69) is 40.6 Å². The Kier molecular flexibility index (Phi) is 4.26. The summed E-state index contributed by atoms with van der Waals surface area (Å²) in [7, 11) is 0. The van der Waals surface area contributed by atoms with Gasteiger partial charge in [-0.05, 0) is 43.7 Å². The van der Waals surface area contributed by atoms with Crippen LogP contribution in [0, 0.1) is 0 Å². The van der Waals surface area contributed by atoms with Gasteiger partial charge >= 0.3 is 0 Å². The van der Waals surface area contributed by atoms with Gasteiger partial charge in [-0.1, -0.05) is 42.5 Å². The van der Waals surface area contributed by atoms with Gasteiger partial charge in [0.15, 0.2) is 0 Å². The number of ether oxygens (including phenoxy) is 1. The van der Waals surface area contributed by atoms with Crippen LogP contribution < -0.4 is 10.1 Å². The lowest BCUT2D eigenvalue weighted by Gasteiger charge is -2.29. The van der Waals surface area contributed by atoms with Crippen molar-refractivity contribution in [2.75, 3.05) is 6.54 Å². The zero-order valence-electron chi connectivity index (χ0n) is 13.5. The lowest BCUT2D eigenvalue weighted by Crippen LogP contribution is -2.26. The monoisotopic (exact) mass is 316 g/mol. The molecule has 3 aromatic rings. The average Bonchev–Trinajstić information content (AvgIpc) is 2.65. The van der Waals surface area contributed by atoms with Gasteiger partial charge in [-0.3, -0.25) is 4.98 Å². The molecule has 2 aromatic carbocycles. The first kappa shape index (κ1) is 14.9. The Hall–Kier alpha value is -2.65. The molecular weight excluding hydrogens is 296 g/mol. The molecule has 0 spiro atoms. The number of aromatic nitrogens is 1. The molecule has 0 saturated carbocycles. The highest BCUT2D eigenvalue weighted by Gasteiger charge is 2.25. The summed E-state index contributed by atoms with van der Waals surface area (Å²) in [6.07, 6.45) is 3.90. The number of para-hydroxylation sites is 2. The van der Waals surface area contributed by atoms with Crippen LogP contribution in [0.15, 0.2) is 72.9 Å². The topological polar surface area (TPSA) is 34.1 Å². The molecule has 24 heavy (non-hydrogen) atoms. The molecule has 0 unspecified atom stereocenters. The highest BCUT2D eigenvalue weighted by Crippen LogP contribution is 2.42. The van der Waals surface area contributed by atoms with E-state index in [4.69, 9.17) is 4.74 Å². The van der Waals surface area contributed by atoms with Crippen LogP contribution in [0.4, 0.5) is 0 Å². The Morgan fingerprint density at radius 3 is 2.17 bits per heavy atom. The van der Waals surface area contributed by atoms with E-state index >= 15 is 0 Å². The van der Waals surface area contributed by atoms with Crippen molar-refractivity contribution < 1.29 is 4.74 Å². The Labute approximate surface area is 142 Å². The predicted molar refractivity (Wildman–Crippen MR) is 95.4 cm³/mol. The van der Waals surface area contributed by atoms with Crippen LogP contribution in [0.2, 0.25) is 0 Å². The first-order valence-electron chi connectivity index (χ1n) is 8.41. The third-order valence-corrected chi connectivity index (χ3v) is 4.36. The van der Waals surface area contributed by atoms with Crippen molar-refractivity contribution in [1.82, 2.24) is 10.3 Å². The highest BCUT2D eigenvalue weighted by atomic mass is 16.5. The molecule has 4 rings (SSSR count). The molecule has 0 fully saturated rings. The van der Waals surface area contributed by atoms with Gasteiger partial charge < -0.3 is 10.1 Å². The maximum absolute atomic E-state index is 6.03. The number of aryl methyl sites for hydroxylation is 1. The van der Waals surface area contributed by atoms with E-state index in [-0.39, 0.29) is 6.04 Å². The maximum Gasteiger partial charge on any atom is 0.132 e. The molecule has 1 N–H and O–H groups in total. The lowest BCUT2D eigenvalue weighted by molar-refractivity contribution is 0.427. The van der Waals surface area contributed by atoms with E-state index in [1.54, 1.807) is 0 Å². The van der Waals surface area contributed by atoms with Gasteiger partial charge in [-0.15, -0.1) is 0 Å². The predicted octanol–water partition coefficient (Wildman–Crippen LogP) is 4.50. The number of pyridine rings is 1. The maximum atomic E-state index is 6.03. The number of rotatable bonds is 5.